The van der Waals surface area contributed by atoms with E-state index in [2.05, 4.69) is 15.3 Å². The number of alkyl halides is 3. The number of nitrogens with zero attached hydrogens (tertiary/aromatic N) is 5. The Morgan fingerprint density at radius 3 is 2.50 bits per heavy atom. The number of benzene rings is 1. The van der Waals surface area contributed by atoms with Gasteiger partial charge in [-0.05, 0) is 19.9 Å². The molecule has 1 amide bonds. The molecule has 0 aliphatic carbocycles. The molecule has 1 fully saturated rings. The summed E-state index contributed by atoms with van der Waals surface area (Å²) in [6.07, 6.45) is -2.04. The Morgan fingerprint density at radius 1 is 1.26 bits per heavy atom. The number of nitriles is 1. The summed E-state index contributed by atoms with van der Waals surface area (Å²) in [5.41, 5.74) is -1.24. The summed E-state index contributed by atoms with van der Waals surface area (Å²) in [6, 6.07) is 0.910. The first-order chi connectivity index (χ1) is 17.8. The van der Waals surface area contributed by atoms with Crippen molar-refractivity contribution < 1.29 is 36.6 Å². The summed E-state index contributed by atoms with van der Waals surface area (Å²) in [4.78, 5) is 25.3. The van der Waals surface area contributed by atoms with E-state index in [1.807, 2.05) is 6.07 Å². The zero-order chi connectivity index (χ0) is 28.0. The largest absolute Gasteiger partial charge is 0.476 e. The van der Waals surface area contributed by atoms with Crippen LogP contribution in [0.4, 0.5) is 27.6 Å². The first-order valence-electron chi connectivity index (χ1n) is 11.1. The average Bonchev–Trinajstić information content (AvgIpc) is 3.43. The smallest absolute Gasteiger partial charge is 0.408 e. The summed E-state index contributed by atoms with van der Waals surface area (Å²) in [7, 11) is 0. The number of hydrogen-bond acceptors (Lipinski definition) is 6. The summed E-state index contributed by atoms with van der Waals surface area (Å²) >= 11 is 0. The van der Waals surface area contributed by atoms with Crippen molar-refractivity contribution >= 4 is 17.6 Å². The summed E-state index contributed by atoms with van der Waals surface area (Å²) in [6.45, 7) is 2.21. The van der Waals surface area contributed by atoms with Crippen molar-refractivity contribution in [1.82, 2.24) is 25.3 Å². The van der Waals surface area contributed by atoms with Crippen LogP contribution < -0.4 is 10.2 Å². The predicted octanol–water partition coefficient (Wildman–Crippen LogP) is 3.37. The molecule has 3 N–H and O–H groups in total. The highest BCUT2D eigenvalue weighted by Crippen LogP contribution is 2.39. The second-order valence-electron chi connectivity index (χ2n) is 8.99. The van der Waals surface area contributed by atoms with Gasteiger partial charge in [0.05, 0.1) is 29.9 Å². The molecule has 0 spiro atoms. The number of aromatic amines is 1. The van der Waals surface area contributed by atoms with Gasteiger partial charge in [0.2, 0.25) is 0 Å². The number of aromatic nitrogens is 4. The zero-order valence-electron chi connectivity index (χ0n) is 19.9. The van der Waals surface area contributed by atoms with E-state index >= 15 is 0 Å². The fraction of sp³-hybridized carbons (Fsp3) is 0.348. The van der Waals surface area contributed by atoms with Crippen LogP contribution >= 0.6 is 0 Å². The second kappa shape index (κ2) is 9.43. The van der Waals surface area contributed by atoms with Gasteiger partial charge in [0, 0.05) is 42.2 Å². The maximum atomic E-state index is 14.9. The number of hydrogen-bond donors (Lipinski definition) is 3. The van der Waals surface area contributed by atoms with Crippen LogP contribution in [0.25, 0.3) is 11.1 Å². The number of carbonyl (C=O) groups is 2. The van der Waals surface area contributed by atoms with Crippen molar-refractivity contribution in [2.24, 2.45) is 0 Å². The molecule has 1 aliphatic heterocycles. The lowest BCUT2D eigenvalue weighted by molar-refractivity contribution is -0.149. The van der Waals surface area contributed by atoms with E-state index in [0.29, 0.717) is 30.3 Å². The molecular weight excluding hydrogens is 517 g/mol. The van der Waals surface area contributed by atoms with Crippen molar-refractivity contribution in [3.05, 3.63) is 53.1 Å². The van der Waals surface area contributed by atoms with Crippen LogP contribution in [-0.4, -0.2) is 62.3 Å². The zero-order valence-corrected chi connectivity index (χ0v) is 19.9. The number of carboxylic acid groups (broad SMARTS) is 1. The fourth-order valence-electron chi connectivity index (χ4n) is 4.22. The van der Waals surface area contributed by atoms with E-state index in [9.17, 15) is 41.9 Å². The molecule has 2 aromatic heterocycles. The van der Waals surface area contributed by atoms with Gasteiger partial charge in [-0.1, -0.05) is 0 Å². The third kappa shape index (κ3) is 4.64. The van der Waals surface area contributed by atoms with Gasteiger partial charge in [-0.15, -0.1) is 0 Å². The number of halogens is 5. The van der Waals surface area contributed by atoms with Crippen LogP contribution in [0.15, 0.2) is 24.5 Å². The fourth-order valence-corrected chi connectivity index (χ4v) is 4.22. The molecule has 1 aliphatic rings. The topological polar surface area (TPSA) is 140 Å². The van der Waals surface area contributed by atoms with Crippen LogP contribution in [0.2, 0.25) is 0 Å². The molecule has 4 rings (SSSR count). The monoisotopic (exact) mass is 537 g/mol. The number of carbonyl (C=O) groups excluding carboxylic acids is 1. The summed E-state index contributed by atoms with van der Waals surface area (Å²) in [5, 5.41) is 31.4. The molecule has 15 heteroatoms. The van der Waals surface area contributed by atoms with Gasteiger partial charge in [-0.25, -0.2) is 13.6 Å². The summed E-state index contributed by atoms with van der Waals surface area (Å²) in [5.74, 6) is -5.05. The highest BCUT2D eigenvalue weighted by atomic mass is 19.4. The van der Waals surface area contributed by atoms with E-state index in [1.165, 1.54) is 22.0 Å². The van der Waals surface area contributed by atoms with Gasteiger partial charge in [0.1, 0.15) is 23.2 Å². The quantitative estimate of drug-likeness (QED) is 0.393. The third-order valence-electron chi connectivity index (χ3n) is 6.36. The molecular formula is C23H20F5N7O3. The number of aromatic carboxylic acids is 1. The van der Waals surface area contributed by atoms with E-state index < -0.39 is 46.8 Å². The van der Waals surface area contributed by atoms with Crippen LogP contribution in [0.1, 0.15) is 39.9 Å². The van der Waals surface area contributed by atoms with Gasteiger partial charge in [0.25, 0.3) is 5.91 Å². The summed E-state index contributed by atoms with van der Waals surface area (Å²) < 4.78 is 69.0. The molecule has 200 valence electrons. The molecule has 10 nitrogen and oxygen atoms in total. The Labute approximate surface area is 211 Å². The van der Waals surface area contributed by atoms with Gasteiger partial charge < -0.3 is 15.3 Å². The molecule has 38 heavy (non-hydrogen) atoms. The minimum absolute atomic E-state index is 0.0713. The predicted molar refractivity (Wildman–Crippen MR) is 121 cm³/mol. The van der Waals surface area contributed by atoms with Crippen LogP contribution in [-0.2, 0) is 5.54 Å². The third-order valence-corrected chi connectivity index (χ3v) is 6.36. The van der Waals surface area contributed by atoms with E-state index in [4.69, 9.17) is 0 Å². The number of nitrogens with one attached hydrogen (secondary N) is 2. The highest BCUT2D eigenvalue weighted by Gasteiger charge is 2.47. The number of rotatable bonds is 7. The Bertz CT molecular complexity index is 1450. The molecule has 1 aromatic carbocycles. The van der Waals surface area contributed by atoms with Crippen molar-refractivity contribution in [1.29, 1.82) is 5.26 Å². The molecule has 0 radical (unpaired) electrons. The number of H-pyrrole nitrogens is 1. The van der Waals surface area contributed by atoms with Gasteiger partial charge in [-0.2, -0.15) is 28.6 Å². The maximum Gasteiger partial charge on any atom is 0.408 e. The van der Waals surface area contributed by atoms with Gasteiger partial charge >= 0.3 is 12.1 Å². The Kier molecular flexibility index (Phi) is 6.60. The van der Waals surface area contributed by atoms with Crippen LogP contribution in [0.5, 0.6) is 0 Å². The molecule has 0 saturated carbocycles. The molecule has 3 heterocycles. The second-order valence-corrected chi connectivity index (χ2v) is 8.99. The van der Waals surface area contributed by atoms with E-state index in [-0.39, 0.29) is 36.5 Å². The highest BCUT2D eigenvalue weighted by molar-refractivity contribution is 5.95. The first-order valence-corrected chi connectivity index (χ1v) is 11.1. The van der Waals surface area contributed by atoms with Crippen molar-refractivity contribution in [3.8, 4) is 17.2 Å². The lowest BCUT2D eigenvalue weighted by Gasteiger charge is -2.50. The normalized spacial score (nSPS) is 15.5. The SMILES string of the molecule is Cc1[nH]ncc1-c1cn(C2(CC#N)CN(c3cc(F)c(C(=O)N[C@@H](C)C(F)(F)F)cc3F)C2)nc1C(=O)O. The molecule has 3 aromatic rings. The Hall–Kier alpha value is -4.48. The molecule has 0 bridgehead atoms. The number of amides is 1. The lowest BCUT2D eigenvalue weighted by Crippen LogP contribution is -2.63. The van der Waals surface area contributed by atoms with Gasteiger partial charge in [-0.3, -0.25) is 14.6 Å². The van der Waals surface area contributed by atoms with E-state index in [0.717, 1.165) is 0 Å². The number of aryl methyl sites for hydroxylation is 1. The molecule has 1 saturated heterocycles. The Balaban J connectivity index is 1.61. The molecule has 1 atom stereocenters. The van der Waals surface area contributed by atoms with Crippen LogP contribution in [0, 0.1) is 29.9 Å². The number of carboxylic acids is 1. The van der Waals surface area contributed by atoms with Gasteiger partial charge in [0.15, 0.2) is 5.69 Å². The molecule has 0 unspecified atom stereocenters. The maximum absolute atomic E-state index is 14.9. The minimum Gasteiger partial charge on any atom is -0.476 e. The average molecular weight is 537 g/mol. The lowest BCUT2D eigenvalue weighted by atomic mass is 9.86. The minimum atomic E-state index is -4.77. The van der Waals surface area contributed by atoms with Crippen molar-refractivity contribution in [2.75, 3.05) is 18.0 Å². The van der Waals surface area contributed by atoms with Crippen molar-refractivity contribution in [3.63, 3.8) is 0 Å². The first kappa shape index (κ1) is 26.6. The van der Waals surface area contributed by atoms with Crippen LogP contribution in [0.3, 0.4) is 0 Å². The Morgan fingerprint density at radius 2 is 1.95 bits per heavy atom. The van der Waals surface area contributed by atoms with Crippen molar-refractivity contribution in [2.45, 2.75) is 38.0 Å². The standard InChI is InChI=1S/C23H20F5N7O3/c1-11-14(7-30-32-11)15-8-35(33-19(15)21(37)38)22(3-4-29)9-34(10-22)18-6-16(24)13(5-17(18)25)20(36)31-12(2)23(26,27)28/h5-8,12H,3,9-10H2,1-2H3,(H,30,32)(H,31,36)(H,37,38)/t12-/m0/s1. The van der Waals surface area contributed by atoms with E-state index in [1.54, 1.807) is 12.2 Å². The number of anilines is 1.